The molecule has 226 valence electrons. The van der Waals surface area contributed by atoms with Gasteiger partial charge in [0.15, 0.2) is 0 Å². The number of carbonyl (C=O) groups excluding carboxylic acids is 2. The summed E-state index contributed by atoms with van der Waals surface area (Å²) in [5.74, 6) is -2.09. The fraction of sp³-hybridized carbons (Fsp3) is 0.394. The number of fused-ring (bicyclic) bond motifs is 4. The van der Waals surface area contributed by atoms with Crippen molar-refractivity contribution in [3.05, 3.63) is 94.6 Å². The Morgan fingerprint density at radius 2 is 1.51 bits per heavy atom. The molecule has 10 heteroatoms. The highest BCUT2D eigenvalue weighted by Gasteiger charge is 2.50. The smallest absolute Gasteiger partial charge is 0.346 e. The maximum atomic E-state index is 14.5. The molecule has 2 heterocycles. The van der Waals surface area contributed by atoms with Crippen molar-refractivity contribution in [3.8, 4) is 11.1 Å². The highest BCUT2D eigenvalue weighted by Crippen LogP contribution is 2.52. The SMILES string of the molecule is O=C1c2ccccc2CN1C1CCN(CCCCC2(C(=O)NCC(F)(F)F)c3cc(F)ccc3-c3ccc(F)cc32)CC1. The number of hydrogen-bond donors (Lipinski definition) is 1. The molecule has 0 radical (unpaired) electrons. The summed E-state index contributed by atoms with van der Waals surface area (Å²) in [6.45, 7) is 1.38. The molecule has 0 atom stereocenters. The molecule has 1 fully saturated rings. The third kappa shape index (κ3) is 5.53. The number of nitrogens with one attached hydrogen (secondary N) is 1. The lowest BCUT2D eigenvalue weighted by molar-refractivity contribution is -0.141. The summed E-state index contributed by atoms with van der Waals surface area (Å²) in [4.78, 5) is 30.8. The molecule has 2 amide bonds. The molecule has 43 heavy (non-hydrogen) atoms. The van der Waals surface area contributed by atoms with Crippen LogP contribution in [0.5, 0.6) is 0 Å². The van der Waals surface area contributed by atoms with Gasteiger partial charge in [0.25, 0.3) is 5.91 Å². The first-order chi connectivity index (χ1) is 20.6. The summed E-state index contributed by atoms with van der Waals surface area (Å²) in [5.41, 5.74) is 1.71. The van der Waals surface area contributed by atoms with E-state index >= 15 is 0 Å². The van der Waals surface area contributed by atoms with Gasteiger partial charge in [-0.2, -0.15) is 13.2 Å². The van der Waals surface area contributed by atoms with E-state index in [-0.39, 0.29) is 29.5 Å². The van der Waals surface area contributed by atoms with Crippen LogP contribution in [0.2, 0.25) is 0 Å². The van der Waals surface area contributed by atoms with E-state index in [1.165, 1.54) is 36.4 Å². The van der Waals surface area contributed by atoms with Crippen LogP contribution in [-0.2, 0) is 16.8 Å². The summed E-state index contributed by atoms with van der Waals surface area (Å²) >= 11 is 0. The van der Waals surface area contributed by atoms with E-state index < -0.39 is 35.7 Å². The summed E-state index contributed by atoms with van der Waals surface area (Å²) in [6.07, 6.45) is -1.78. The van der Waals surface area contributed by atoms with Gasteiger partial charge >= 0.3 is 6.18 Å². The van der Waals surface area contributed by atoms with Crippen molar-refractivity contribution in [1.82, 2.24) is 15.1 Å². The maximum Gasteiger partial charge on any atom is 0.405 e. The molecule has 0 saturated carbocycles. The van der Waals surface area contributed by atoms with E-state index in [1.807, 2.05) is 34.5 Å². The molecule has 3 aliphatic rings. The summed E-state index contributed by atoms with van der Waals surface area (Å²) < 4.78 is 68.4. The third-order valence-corrected chi connectivity index (χ3v) is 9.13. The fourth-order valence-electron chi connectivity index (χ4n) is 7.06. The van der Waals surface area contributed by atoms with Crippen molar-refractivity contribution in [2.75, 3.05) is 26.2 Å². The first kappa shape index (κ1) is 29.3. The Morgan fingerprint density at radius 1 is 0.884 bits per heavy atom. The Kier molecular flexibility index (Phi) is 7.75. The number of carbonyl (C=O) groups is 2. The molecule has 1 N–H and O–H groups in total. The average molecular weight is 598 g/mol. The molecule has 3 aromatic carbocycles. The Balaban J connectivity index is 1.14. The minimum Gasteiger partial charge on any atom is -0.346 e. The summed E-state index contributed by atoms with van der Waals surface area (Å²) in [7, 11) is 0. The fourth-order valence-corrected chi connectivity index (χ4v) is 7.06. The molecule has 3 aromatic rings. The van der Waals surface area contributed by atoms with E-state index in [0.29, 0.717) is 37.1 Å². The molecule has 0 unspecified atom stereocenters. The Labute approximate surface area is 246 Å². The highest BCUT2D eigenvalue weighted by atomic mass is 19.4. The van der Waals surface area contributed by atoms with Crippen LogP contribution in [0, 0.1) is 11.6 Å². The second-order valence-electron chi connectivity index (χ2n) is 11.7. The zero-order valence-electron chi connectivity index (χ0n) is 23.5. The largest absolute Gasteiger partial charge is 0.405 e. The number of likely N-dealkylation sites (tertiary alicyclic amines) is 1. The van der Waals surface area contributed by atoms with E-state index in [9.17, 15) is 31.5 Å². The maximum absolute atomic E-state index is 14.5. The lowest BCUT2D eigenvalue weighted by Crippen LogP contribution is -2.47. The van der Waals surface area contributed by atoms with Crippen molar-refractivity contribution in [1.29, 1.82) is 0 Å². The van der Waals surface area contributed by atoms with Gasteiger partial charge < -0.3 is 15.1 Å². The van der Waals surface area contributed by atoms with Crippen molar-refractivity contribution in [2.24, 2.45) is 0 Å². The van der Waals surface area contributed by atoms with E-state index in [1.54, 1.807) is 0 Å². The van der Waals surface area contributed by atoms with Crippen LogP contribution in [0.4, 0.5) is 22.0 Å². The number of hydrogen-bond acceptors (Lipinski definition) is 3. The average Bonchev–Trinajstić information content (AvgIpc) is 3.46. The van der Waals surface area contributed by atoms with Gasteiger partial charge in [-0.15, -0.1) is 0 Å². The van der Waals surface area contributed by atoms with Crippen molar-refractivity contribution >= 4 is 11.8 Å². The van der Waals surface area contributed by atoms with Crippen LogP contribution in [0.3, 0.4) is 0 Å². The van der Waals surface area contributed by atoms with Gasteiger partial charge in [-0.05, 0) is 90.4 Å². The second-order valence-corrected chi connectivity index (χ2v) is 11.7. The van der Waals surface area contributed by atoms with Gasteiger partial charge in [0.05, 0.1) is 0 Å². The Hall–Kier alpha value is -3.79. The molecule has 5 nitrogen and oxygen atoms in total. The highest BCUT2D eigenvalue weighted by molar-refractivity contribution is 6.00. The van der Waals surface area contributed by atoms with Gasteiger partial charge in [-0.3, -0.25) is 9.59 Å². The van der Waals surface area contributed by atoms with Crippen LogP contribution in [0.25, 0.3) is 11.1 Å². The first-order valence-electron chi connectivity index (χ1n) is 14.6. The lowest BCUT2D eigenvalue weighted by Gasteiger charge is -2.37. The van der Waals surface area contributed by atoms with Gasteiger partial charge in [-0.1, -0.05) is 36.8 Å². The molecular weight excluding hydrogens is 565 g/mol. The minimum absolute atomic E-state index is 0.0770. The van der Waals surface area contributed by atoms with E-state index in [4.69, 9.17) is 0 Å². The number of unbranched alkanes of at least 4 members (excludes halogenated alkanes) is 1. The number of rotatable bonds is 8. The molecule has 1 saturated heterocycles. The van der Waals surface area contributed by atoms with Crippen molar-refractivity contribution < 1.29 is 31.5 Å². The number of amides is 2. The zero-order chi connectivity index (χ0) is 30.4. The number of benzene rings is 3. The van der Waals surface area contributed by atoms with Crippen LogP contribution in [-0.4, -0.2) is 60.0 Å². The van der Waals surface area contributed by atoms with Gasteiger partial charge in [0.1, 0.15) is 23.6 Å². The number of halogens is 5. The molecule has 1 aliphatic carbocycles. The van der Waals surface area contributed by atoms with Crippen LogP contribution < -0.4 is 5.32 Å². The molecule has 6 rings (SSSR count). The number of piperidine rings is 1. The Bertz CT molecular complexity index is 1500. The van der Waals surface area contributed by atoms with E-state index in [0.717, 1.165) is 37.1 Å². The van der Waals surface area contributed by atoms with Gasteiger partial charge in [0, 0.05) is 31.2 Å². The third-order valence-electron chi connectivity index (χ3n) is 9.13. The van der Waals surface area contributed by atoms with Crippen LogP contribution in [0.15, 0.2) is 60.7 Å². The normalized spacial score (nSPS) is 18.0. The van der Waals surface area contributed by atoms with Crippen molar-refractivity contribution in [2.45, 2.75) is 56.3 Å². The molecule has 0 aromatic heterocycles. The van der Waals surface area contributed by atoms with Gasteiger partial charge in [0.2, 0.25) is 5.91 Å². The minimum atomic E-state index is -4.64. The Morgan fingerprint density at radius 3 is 2.12 bits per heavy atom. The predicted octanol–water partition coefficient (Wildman–Crippen LogP) is 6.20. The summed E-state index contributed by atoms with van der Waals surface area (Å²) in [6, 6.07) is 15.7. The standard InChI is InChI=1S/C33H32F5N3O2/c34-22-7-9-26-27-10-8-23(35)18-29(27)32(28(26)17-22,31(43)39-20-33(36,37)38)13-3-4-14-40-15-11-24(12-16-40)41-19-21-5-1-2-6-25(21)30(41)42/h1-2,5-10,17-18,24H,3-4,11-16,19-20H2,(H,39,43). The number of alkyl halides is 3. The monoisotopic (exact) mass is 597 g/mol. The molecular formula is C33H32F5N3O2. The topological polar surface area (TPSA) is 52.7 Å². The van der Waals surface area contributed by atoms with Gasteiger partial charge in [-0.25, -0.2) is 8.78 Å². The second kappa shape index (κ2) is 11.4. The molecule has 2 aliphatic heterocycles. The summed E-state index contributed by atoms with van der Waals surface area (Å²) in [5, 5.41) is 2.01. The zero-order valence-corrected chi connectivity index (χ0v) is 23.5. The van der Waals surface area contributed by atoms with Crippen LogP contribution >= 0.6 is 0 Å². The van der Waals surface area contributed by atoms with Crippen LogP contribution in [0.1, 0.15) is 59.2 Å². The first-order valence-corrected chi connectivity index (χ1v) is 14.6. The number of nitrogens with zero attached hydrogens (tertiary/aromatic N) is 2. The van der Waals surface area contributed by atoms with E-state index in [2.05, 4.69) is 4.90 Å². The lowest BCUT2D eigenvalue weighted by atomic mass is 9.73. The molecule has 0 spiro atoms. The predicted molar refractivity (Wildman–Crippen MR) is 151 cm³/mol. The van der Waals surface area contributed by atoms with Crippen molar-refractivity contribution in [3.63, 3.8) is 0 Å². The molecule has 0 bridgehead atoms. The quantitative estimate of drug-likeness (QED) is 0.249.